The van der Waals surface area contributed by atoms with Crippen molar-refractivity contribution in [3.63, 3.8) is 0 Å². The van der Waals surface area contributed by atoms with Gasteiger partial charge in [-0.3, -0.25) is 9.59 Å². The van der Waals surface area contributed by atoms with Gasteiger partial charge in [0.15, 0.2) is 0 Å². The Balaban J connectivity index is 3.96. The van der Waals surface area contributed by atoms with E-state index in [1.807, 2.05) is 13.8 Å². The zero-order valence-corrected chi connectivity index (χ0v) is 10.2. The van der Waals surface area contributed by atoms with Gasteiger partial charge in [0.05, 0.1) is 5.92 Å². The quantitative estimate of drug-likeness (QED) is 0.707. The van der Waals surface area contributed by atoms with Crippen LogP contribution in [0.5, 0.6) is 0 Å². The highest BCUT2D eigenvalue weighted by Crippen LogP contribution is 2.15. The van der Waals surface area contributed by atoms with Gasteiger partial charge in [0.1, 0.15) is 5.60 Å². The fourth-order valence-corrected chi connectivity index (χ4v) is 0.981. The van der Waals surface area contributed by atoms with Gasteiger partial charge in [0.2, 0.25) is 5.91 Å². The molecule has 1 amide bonds. The molecule has 4 nitrogen and oxygen atoms in total. The predicted octanol–water partition coefficient (Wildman–Crippen LogP) is 1.49. The summed E-state index contributed by atoms with van der Waals surface area (Å²) in [5.41, 5.74) is -0.524. The minimum atomic E-state index is -0.524. The molecule has 0 rings (SSSR count). The van der Waals surface area contributed by atoms with E-state index in [1.165, 1.54) is 6.92 Å². The van der Waals surface area contributed by atoms with Crippen molar-refractivity contribution in [3.8, 4) is 0 Å². The molecular weight excluding hydrogens is 194 g/mol. The Bertz CT molecular complexity index is 234. The molecule has 1 N–H and O–H groups in total. The van der Waals surface area contributed by atoms with Crippen LogP contribution in [-0.2, 0) is 14.3 Å². The number of amides is 1. The first-order valence-corrected chi connectivity index (χ1v) is 5.22. The van der Waals surface area contributed by atoms with Gasteiger partial charge >= 0.3 is 5.97 Å². The van der Waals surface area contributed by atoms with E-state index in [9.17, 15) is 9.59 Å². The Kier molecular flexibility index (Phi) is 5.33. The van der Waals surface area contributed by atoms with Crippen LogP contribution in [0.2, 0.25) is 0 Å². The minimum absolute atomic E-state index is 0.0685. The highest BCUT2D eigenvalue weighted by molar-refractivity contribution is 5.73. The summed E-state index contributed by atoms with van der Waals surface area (Å²) in [4.78, 5) is 22.0. The third-order valence-corrected chi connectivity index (χ3v) is 1.95. The summed E-state index contributed by atoms with van der Waals surface area (Å²) in [6.07, 6.45) is 0.616. The average molecular weight is 215 g/mol. The first-order chi connectivity index (χ1) is 6.74. The van der Waals surface area contributed by atoms with Crippen LogP contribution in [0.4, 0.5) is 0 Å². The van der Waals surface area contributed by atoms with Crippen LogP contribution >= 0.6 is 0 Å². The van der Waals surface area contributed by atoms with E-state index in [2.05, 4.69) is 5.32 Å². The van der Waals surface area contributed by atoms with Gasteiger partial charge in [-0.2, -0.15) is 0 Å². The Morgan fingerprint density at radius 3 is 2.27 bits per heavy atom. The molecule has 0 aromatic heterocycles. The van der Waals surface area contributed by atoms with Crippen molar-refractivity contribution in [2.75, 3.05) is 6.54 Å². The second-order valence-corrected chi connectivity index (χ2v) is 4.57. The lowest BCUT2D eigenvalue weighted by Crippen LogP contribution is -2.34. The van der Waals surface area contributed by atoms with Crippen molar-refractivity contribution in [3.05, 3.63) is 0 Å². The zero-order valence-electron chi connectivity index (χ0n) is 10.2. The molecular formula is C11H21NO3. The van der Waals surface area contributed by atoms with Crippen LogP contribution in [0, 0.1) is 5.92 Å². The fourth-order valence-electron chi connectivity index (χ4n) is 0.981. The lowest BCUT2D eigenvalue weighted by molar-refractivity contribution is -0.160. The van der Waals surface area contributed by atoms with Gasteiger partial charge < -0.3 is 10.1 Å². The Morgan fingerprint density at radius 2 is 1.87 bits per heavy atom. The maximum atomic E-state index is 11.3. The molecule has 0 aromatic carbocycles. The molecule has 0 aromatic rings. The van der Waals surface area contributed by atoms with Crippen molar-refractivity contribution in [2.45, 2.75) is 46.6 Å². The van der Waals surface area contributed by atoms with E-state index in [-0.39, 0.29) is 17.8 Å². The van der Waals surface area contributed by atoms with E-state index in [1.54, 1.807) is 13.8 Å². The molecule has 0 saturated carbocycles. The van der Waals surface area contributed by atoms with Crippen LogP contribution < -0.4 is 5.32 Å². The molecule has 0 radical (unpaired) electrons. The molecule has 4 heteroatoms. The summed E-state index contributed by atoms with van der Waals surface area (Å²) in [5, 5.41) is 2.67. The number of rotatable bonds is 5. The molecule has 0 aliphatic rings. The molecule has 0 saturated heterocycles. The third-order valence-electron chi connectivity index (χ3n) is 1.95. The Hall–Kier alpha value is -1.06. The van der Waals surface area contributed by atoms with Crippen molar-refractivity contribution in [1.82, 2.24) is 5.32 Å². The standard InChI is InChI=1S/C11H21NO3/c1-8(2)10(14)15-11(4,5)6-7-12-9(3)13/h8H,6-7H2,1-5H3,(H,12,13). The smallest absolute Gasteiger partial charge is 0.308 e. The number of carbonyl (C=O) groups is 2. The van der Waals surface area contributed by atoms with Crippen LogP contribution in [-0.4, -0.2) is 24.0 Å². The SMILES string of the molecule is CC(=O)NCCC(C)(C)OC(=O)C(C)C. The predicted molar refractivity (Wildman–Crippen MR) is 58.3 cm³/mol. The van der Waals surface area contributed by atoms with Crippen LogP contribution in [0.3, 0.4) is 0 Å². The topological polar surface area (TPSA) is 55.4 Å². The highest BCUT2D eigenvalue weighted by atomic mass is 16.6. The number of hydrogen-bond acceptors (Lipinski definition) is 3. The highest BCUT2D eigenvalue weighted by Gasteiger charge is 2.23. The monoisotopic (exact) mass is 215 g/mol. The average Bonchev–Trinajstić information content (AvgIpc) is 2.01. The molecule has 0 aliphatic carbocycles. The third kappa shape index (κ3) is 6.94. The van der Waals surface area contributed by atoms with E-state index in [0.29, 0.717) is 13.0 Å². The largest absolute Gasteiger partial charge is 0.459 e. The van der Waals surface area contributed by atoms with Crippen molar-refractivity contribution in [1.29, 1.82) is 0 Å². The summed E-state index contributed by atoms with van der Waals surface area (Å²) in [6.45, 7) is 9.27. The van der Waals surface area contributed by atoms with Gasteiger partial charge in [0, 0.05) is 19.9 Å². The summed E-state index contributed by atoms with van der Waals surface area (Å²) in [5.74, 6) is -0.395. The molecule has 15 heavy (non-hydrogen) atoms. The van der Waals surface area contributed by atoms with Crippen LogP contribution in [0.25, 0.3) is 0 Å². The Labute approximate surface area is 91.4 Å². The van der Waals surface area contributed by atoms with Gasteiger partial charge in [-0.25, -0.2) is 0 Å². The van der Waals surface area contributed by atoms with Crippen LogP contribution in [0.1, 0.15) is 41.0 Å². The van der Waals surface area contributed by atoms with Crippen molar-refractivity contribution < 1.29 is 14.3 Å². The van der Waals surface area contributed by atoms with Crippen LogP contribution in [0.15, 0.2) is 0 Å². The molecule has 88 valence electrons. The van der Waals surface area contributed by atoms with E-state index in [4.69, 9.17) is 4.74 Å². The summed E-state index contributed by atoms with van der Waals surface area (Å²) in [6, 6.07) is 0. The molecule has 0 heterocycles. The second kappa shape index (κ2) is 5.73. The van der Waals surface area contributed by atoms with Gasteiger partial charge in [-0.05, 0) is 13.8 Å². The minimum Gasteiger partial charge on any atom is -0.459 e. The summed E-state index contributed by atoms with van der Waals surface area (Å²) >= 11 is 0. The van der Waals surface area contributed by atoms with E-state index >= 15 is 0 Å². The number of ether oxygens (including phenoxy) is 1. The normalized spacial score (nSPS) is 11.3. The number of esters is 1. The van der Waals surface area contributed by atoms with Crippen molar-refractivity contribution in [2.24, 2.45) is 5.92 Å². The number of carbonyl (C=O) groups excluding carboxylic acids is 2. The number of nitrogens with one attached hydrogen (secondary N) is 1. The molecule has 0 spiro atoms. The van der Waals surface area contributed by atoms with E-state index in [0.717, 1.165) is 0 Å². The van der Waals surface area contributed by atoms with Crippen molar-refractivity contribution >= 4 is 11.9 Å². The number of hydrogen-bond donors (Lipinski definition) is 1. The molecule has 0 atom stereocenters. The first kappa shape index (κ1) is 13.9. The maximum Gasteiger partial charge on any atom is 0.308 e. The lowest BCUT2D eigenvalue weighted by Gasteiger charge is -2.26. The second-order valence-electron chi connectivity index (χ2n) is 4.57. The van der Waals surface area contributed by atoms with Gasteiger partial charge in [-0.15, -0.1) is 0 Å². The zero-order chi connectivity index (χ0) is 12.1. The van der Waals surface area contributed by atoms with E-state index < -0.39 is 5.60 Å². The summed E-state index contributed by atoms with van der Waals surface area (Å²) in [7, 11) is 0. The first-order valence-electron chi connectivity index (χ1n) is 5.22. The van der Waals surface area contributed by atoms with Gasteiger partial charge in [0.25, 0.3) is 0 Å². The molecule has 0 unspecified atom stereocenters. The molecule has 0 bridgehead atoms. The van der Waals surface area contributed by atoms with Gasteiger partial charge in [-0.1, -0.05) is 13.8 Å². The summed E-state index contributed by atoms with van der Waals surface area (Å²) < 4.78 is 5.29. The fraction of sp³-hybridized carbons (Fsp3) is 0.818. The molecule has 0 fully saturated rings. The molecule has 0 aliphatic heterocycles. The lowest BCUT2D eigenvalue weighted by atomic mass is 10.0. The maximum absolute atomic E-state index is 11.3. The Morgan fingerprint density at radius 1 is 1.33 bits per heavy atom.